The summed E-state index contributed by atoms with van der Waals surface area (Å²) in [5, 5.41) is 0. The Hall–Kier alpha value is -2.24. The van der Waals surface area contributed by atoms with Crippen LogP contribution in [0.25, 0.3) is 0 Å². The van der Waals surface area contributed by atoms with Gasteiger partial charge in [-0.05, 0) is 61.8 Å². The Morgan fingerprint density at radius 2 is 1.63 bits per heavy atom. The van der Waals surface area contributed by atoms with Crippen LogP contribution in [0.4, 0.5) is 0 Å². The van der Waals surface area contributed by atoms with E-state index < -0.39 is 16.1 Å². The number of nitrogens with one attached hydrogen (secondary N) is 1. The van der Waals surface area contributed by atoms with Crippen molar-refractivity contribution >= 4 is 15.8 Å². The molecule has 2 atom stereocenters. The topological polar surface area (TPSA) is 63.2 Å². The number of rotatable bonds is 6. The first-order valence-corrected chi connectivity index (χ1v) is 12.2. The van der Waals surface area contributed by atoms with Gasteiger partial charge in [-0.2, -0.15) is 0 Å². The fraction of sp³-hybridized carbons (Fsp3) is 0.400. The van der Waals surface area contributed by atoms with Crippen LogP contribution in [-0.4, -0.2) is 14.2 Å². The molecule has 4 nitrogen and oxygen atoms in total. The van der Waals surface area contributed by atoms with Crippen molar-refractivity contribution < 1.29 is 13.2 Å². The van der Waals surface area contributed by atoms with E-state index in [0.717, 1.165) is 29.5 Å². The fourth-order valence-corrected chi connectivity index (χ4v) is 5.73. The average molecular weight is 426 g/mol. The predicted molar refractivity (Wildman–Crippen MR) is 121 cm³/mol. The van der Waals surface area contributed by atoms with Gasteiger partial charge in [0.2, 0.25) is 10.0 Å². The van der Waals surface area contributed by atoms with Crippen LogP contribution in [0.15, 0.2) is 64.6 Å². The van der Waals surface area contributed by atoms with Gasteiger partial charge >= 0.3 is 0 Å². The SMILES string of the molecule is CCC1=C(CC)[C@@H](CC)C[C@H](NS(=O)(=O)c2ccc(C)cc2)c2ccccc2C1=O. The molecule has 0 radical (unpaired) electrons. The number of carbonyl (C=O) groups excluding carboxylic acids is 1. The highest BCUT2D eigenvalue weighted by molar-refractivity contribution is 7.89. The number of hydrogen-bond donors (Lipinski definition) is 1. The van der Waals surface area contributed by atoms with Crippen LogP contribution in [-0.2, 0) is 10.0 Å². The monoisotopic (exact) mass is 425 g/mol. The number of carbonyl (C=O) groups is 1. The molecule has 0 unspecified atom stereocenters. The van der Waals surface area contributed by atoms with Gasteiger partial charge in [0.05, 0.1) is 4.90 Å². The Morgan fingerprint density at radius 1 is 0.967 bits per heavy atom. The van der Waals surface area contributed by atoms with Crippen molar-refractivity contribution in [2.75, 3.05) is 0 Å². The minimum absolute atomic E-state index is 0.0302. The van der Waals surface area contributed by atoms with Crippen molar-refractivity contribution in [3.05, 3.63) is 76.4 Å². The Labute approximate surface area is 180 Å². The van der Waals surface area contributed by atoms with Gasteiger partial charge in [0.25, 0.3) is 0 Å². The number of hydrogen-bond acceptors (Lipinski definition) is 3. The van der Waals surface area contributed by atoms with Crippen molar-refractivity contribution in [1.29, 1.82) is 0 Å². The molecule has 30 heavy (non-hydrogen) atoms. The molecule has 1 aliphatic rings. The third kappa shape index (κ3) is 4.42. The summed E-state index contributed by atoms with van der Waals surface area (Å²) in [5.41, 5.74) is 4.42. The normalized spacial score (nSPS) is 19.9. The van der Waals surface area contributed by atoms with Gasteiger partial charge in [-0.15, -0.1) is 0 Å². The van der Waals surface area contributed by atoms with E-state index >= 15 is 0 Å². The summed E-state index contributed by atoms with van der Waals surface area (Å²) in [4.78, 5) is 13.7. The first-order valence-electron chi connectivity index (χ1n) is 10.8. The Morgan fingerprint density at radius 3 is 2.23 bits per heavy atom. The van der Waals surface area contributed by atoms with Crippen molar-refractivity contribution in [3.63, 3.8) is 0 Å². The van der Waals surface area contributed by atoms with Crippen LogP contribution in [0.5, 0.6) is 0 Å². The zero-order valence-corrected chi connectivity index (χ0v) is 19.1. The van der Waals surface area contributed by atoms with E-state index in [0.29, 0.717) is 18.4 Å². The number of allylic oxidation sites excluding steroid dienone is 2. The lowest BCUT2D eigenvalue weighted by Gasteiger charge is -2.31. The molecule has 1 N–H and O–H groups in total. The zero-order valence-electron chi connectivity index (χ0n) is 18.2. The molecule has 0 bridgehead atoms. The molecule has 2 aromatic carbocycles. The second-order valence-electron chi connectivity index (χ2n) is 7.96. The third-order valence-electron chi connectivity index (χ3n) is 6.11. The second-order valence-corrected chi connectivity index (χ2v) is 9.67. The number of benzene rings is 2. The highest BCUT2D eigenvalue weighted by atomic mass is 32.2. The largest absolute Gasteiger partial charge is 0.289 e. The minimum Gasteiger partial charge on any atom is -0.289 e. The number of aryl methyl sites for hydroxylation is 1. The Bertz CT molecular complexity index is 1050. The lowest BCUT2D eigenvalue weighted by atomic mass is 9.77. The summed E-state index contributed by atoms with van der Waals surface area (Å²) in [5.74, 6) is 0.190. The summed E-state index contributed by atoms with van der Waals surface area (Å²) < 4.78 is 29.2. The van der Waals surface area contributed by atoms with E-state index in [4.69, 9.17) is 0 Å². The van der Waals surface area contributed by atoms with Crippen molar-refractivity contribution in [2.45, 2.75) is 64.3 Å². The molecule has 160 valence electrons. The molecular weight excluding hydrogens is 394 g/mol. The molecule has 5 heteroatoms. The Balaban J connectivity index is 2.11. The number of fused-ring (bicyclic) bond motifs is 1. The van der Waals surface area contributed by atoms with E-state index in [9.17, 15) is 13.2 Å². The molecule has 0 aliphatic heterocycles. The van der Waals surface area contributed by atoms with Gasteiger partial charge in [-0.1, -0.05) is 68.3 Å². The standard InChI is InChI=1S/C25H31NO3S/c1-5-18-16-24(26-30(28,29)19-14-12-17(4)13-15-19)22-10-8-9-11-23(22)25(27)21(7-3)20(18)6-2/h8-15,18,24,26H,5-7,16H2,1-4H3/t18-,24-/m0/s1. The number of sulfonamides is 1. The highest BCUT2D eigenvalue weighted by Crippen LogP contribution is 2.38. The average Bonchev–Trinajstić information content (AvgIpc) is 2.74. The maximum atomic E-state index is 13.4. The minimum atomic E-state index is -3.72. The van der Waals surface area contributed by atoms with Crippen molar-refractivity contribution in [3.8, 4) is 0 Å². The first-order chi connectivity index (χ1) is 14.3. The van der Waals surface area contributed by atoms with Crippen LogP contribution in [0.2, 0.25) is 0 Å². The maximum absolute atomic E-state index is 13.4. The Kier molecular flexibility index (Phi) is 6.94. The van der Waals surface area contributed by atoms with E-state index in [-0.39, 0.29) is 16.6 Å². The maximum Gasteiger partial charge on any atom is 0.241 e. The van der Waals surface area contributed by atoms with Crippen LogP contribution >= 0.6 is 0 Å². The van der Waals surface area contributed by atoms with Gasteiger partial charge in [0, 0.05) is 11.6 Å². The van der Waals surface area contributed by atoms with Gasteiger partial charge in [0.15, 0.2) is 5.78 Å². The number of Topliss-reactive ketones (excluding diaryl/α,β-unsaturated/α-hetero) is 1. The summed E-state index contributed by atoms with van der Waals surface area (Å²) in [6, 6.07) is 13.8. The second kappa shape index (κ2) is 9.27. The summed E-state index contributed by atoms with van der Waals surface area (Å²) in [6.07, 6.45) is 2.99. The molecule has 2 aromatic rings. The van der Waals surface area contributed by atoms with E-state index in [2.05, 4.69) is 18.6 Å². The molecule has 0 amide bonds. The van der Waals surface area contributed by atoms with Gasteiger partial charge in [0.1, 0.15) is 0 Å². The molecule has 0 heterocycles. The molecular formula is C25H31NO3S. The third-order valence-corrected chi connectivity index (χ3v) is 7.60. The van der Waals surface area contributed by atoms with E-state index in [1.54, 1.807) is 24.3 Å². The molecule has 0 spiro atoms. The zero-order chi connectivity index (χ0) is 21.9. The highest BCUT2D eigenvalue weighted by Gasteiger charge is 2.32. The van der Waals surface area contributed by atoms with Gasteiger partial charge in [-0.25, -0.2) is 13.1 Å². The van der Waals surface area contributed by atoms with E-state index in [1.807, 2.05) is 38.1 Å². The lowest BCUT2D eigenvalue weighted by molar-refractivity contribution is 0.102. The van der Waals surface area contributed by atoms with Gasteiger partial charge < -0.3 is 0 Å². The van der Waals surface area contributed by atoms with E-state index in [1.165, 1.54) is 5.57 Å². The molecule has 0 saturated carbocycles. The first kappa shape index (κ1) is 22.4. The van der Waals surface area contributed by atoms with Crippen LogP contribution < -0.4 is 4.72 Å². The smallest absolute Gasteiger partial charge is 0.241 e. The summed E-state index contributed by atoms with van der Waals surface area (Å²) in [6.45, 7) is 8.14. The van der Waals surface area contributed by atoms with Crippen LogP contribution in [0.3, 0.4) is 0 Å². The molecule has 0 aromatic heterocycles. The molecule has 3 rings (SSSR count). The molecule has 0 fully saturated rings. The van der Waals surface area contributed by atoms with Crippen molar-refractivity contribution in [1.82, 2.24) is 4.72 Å². The van der Waals surface area contributed by atoms with Crippen LogP contribution in [0.1, 0.15) is 74.0 Å². The van der Waals surface area contributed by atoms with Crippen LogP contribution in [0, 0.1) is 12.8 Å². The molecule has 1 aliphatic carbocycles. The number of ketones is 1. The predicted octanol–water partition coefficient (Wildman–Crippen LogP) is 5.74. The van der Waals surface area contributed by atoms with Gasteiger partial charge in [-0.3, -0.25) is 4.79 Å². The lowest BCUT2D eigenvalue weighted by Crippen LogP contribution is -2.33. The molecule has 0 saturated heterocycles. The summed E-state index contributed by atoms with van der Waals surface area (Å²) in [7, 11) is -3.72. The summed E-state index contributed by atoms with van der Waals surface area (Å²) >= 11 is 0. The van der Waals surface area contributed by atoms with Crippen molar-refractivity contribution in [2.24, 2.45) is 5.92 Å². The quantitative estimate of drug-likeness (QED) is 0.641. The fourth-order valence-electron chi connectivity index (χ4n) is 4.50.